The quantitative estimate of drug-likeness (QED) is 0.238. The minimum Gasteiger partial charge on any atom is -0.497 e. The van der Waals surface area contributed by atoms with Gasteiger partial charge in [0.2, 0.25) is 5.91 Å². The number of carbonyl (C=O) groups is 1. The Labute approximate surface area is 213 Å². The second kappa shape index (κ2) is 10.6. The summed E-state index contributed by atoms with van der Waals surface area (Å²) in [4.78, 5) is 18.3. The van der Waals surface area contributed by atoms with E-state index in [4.69, 9.17) is 9.72 Å². The van der Waals surface area contributed by atoms with E-state index in [1.54, 1.807) is 19.2 Å². The van der Waals surface area contributed by atoms with Crippen molar-refractivity contribution < 1.29 is 13.9 Å². The maximum Gasteiger partial charge on any atom is 0.242 e. The van der Waals surface area contributed by atoms with Crippen LogP contribution in [0, 0.1) is 5.82 Å². The van der Waals surface area contributed by atoms with Gasteiger partial charge in [-0.3, -0.25) is 4.79 Å². The van der Waals surface area contributed by atoms with Crippen molar-refractivity contribution in [1.29, 1.82) is 0 Å². The smallest absolute Gasteiger partial charge is 0.242 e. The number of aromatic nitrogens is 1. The number of fused-ring (bicyclic) bond motifs is 1. The Bertz CT molecular complexity index is 1490. The minimum absolute atomic E-state index is 0.216. The molecule has 4 aromatic carbocycles. The summed E-state index contributed by atoms with van der Waals surface area (Å²) < 4.78 is 18.8. The third kappa shape index (κ3) is 5.24. The van der Waals surface area contributed by atoms with E-state index in [2.05, 4.69) is 17.4 Å². The van der Waals surface area contributed by atoms with E-state index in [-0.39, 0.29) is 11.7 Å². The Kier molecular flexibility index (Phi) is 6.96. The molecule has 1 aromatic heterocycles. The first-order chi connectivity index (χ1) is 17.6. The molecule has 5 rings (SSSR count). The van der Waals surface area contributed by atoms with Gasteiger partial charge in [-0.1, -0.05) is 72.4 Å². The van der Waals surface area contributed by atoms with Crippen LogP contribution in [0.1, 0.15) is 10.8 Å². The normalized spacial score (nSPS) is 11.7. The van der Waals surface area contributed by atoms with Crippen LogP contribution in [0.4, 0.5) is 10.1 Å². The van der Waals surface area contributed by atoms with Crippen LogP contribution < -0.4 is 10.1 Å². The lowest BCUT2D eigenvalue weighted by atomic mass is 10.0. The zero-order valence-corrected chi connectivity index (χ0v) is 20.3. The second-order valence-corrected chi connectivity index (χ2v) is 9.29. The molecule has 36 heavy (non-hydrogen) atoms. The van der Waals surface area contributed by atoms with Crippen LogP contribution >= 0.6 is 11.8 Å². The molecule has 0 unspecified atom stereocenters. The summed E-state index contributed by atoms with van der Waals surface area (Å²) in [6.07, 6.45) is 0. The van der Waals surface area contributed by atoms with Gasteiger partial charge in [0.25, 0.3) is 0 Å². The molecule has 0 saturated carbocycles. The van der Waals surface area contributed by atoms with Gasteiger partial charge in [0.1, 0.15) is 16.8 Å². The van der Waals surface area contributed by atoms with Crippen molar-refractivity contribution >= 4 is 34.3 Å². The summed E-state index contributed by atoms with van der Waals surface area (Å²) in [5.41, 5.74) is 4.24. The van der Waals surface area contributed by atoms with E-state index in [0.717, 1.165) is 27.6 Å². The summed E-state index contributed by atoms with van der Waals surface area (Å²) in [5, 5.41) is 4.05. The molecule has 1 atom stereocenters. The lowest BCUT2D eigenvalue weighted by molar-refractivity contribution is -0.115. The van der Waals surface area contributed by atoms with Gasteiger partial charge in [-0.05, 0) is 59.2 Å². The Morgan fingerprint density at radius 3 is 2.28 bits per heavy atom. The summed E-state index contributed by atoms with van der Waals surface area (Å²) in [6.45, 7) is 0. The SMILES string of the molecule is COc1ccc2c(-c3ccccc3)cc(S[C@@H](C(=O)Nc3ccc(F)cc3)c3ccccc3)nc2c1. The van der Waals surface area contributed by atoms with Crippen LogP contribution in [-0.4, -0.2) is 18.0 Å². The fourth-order valence-electron chi connectivity index (χ4n) is 3.99. The first-order valence-electron chi connectivity index (χ1n) is 11.4. The molecule has 0 fully saturated rings. The molecule has 178 valence electrons. The van der Waals surface area contributed by atoms with Crippen LogP contribution in [0.5, 0.6) is 5.75 Å². The maximum absolute atomic E-state index is 13.4. The lowest BCUT2D eigenvalue weighted by Gasteiger charge is -2.18. The number of carbonyl (C=O) groups excluding carboxylic acids is 1. The number of hydrogen-bond acceptors (Lipinski definition) is 4. The van der Waals surface area contributed by atoms with Crippen LogP contribution in [0.25, 0.3) is 22.0 Å². The monoisotopic (exact) mass is 494 g/mol. The molecule has 0 aliphatic rings. The third-order valence-electron chi connectivity index (χ3n) is 5.77. The van der Waals surface area contributed by atoms with Gasteiger partial charge in [-0.2, -0.15) is 0 Å². The van der Waals surface area contributed by atoms with Crippen molar-refractivity contribution in [2.75, 3.05) is 12.4 Å². The number of nitrogens with one attached hydrogen (secondary N) is 1. The topological polar surface area (TPSA) is 51.2 Å². The Hall–Kier alpha value is -4.16. The zero-order valence-electron chi connectivity index (χ0n) is 19.5. The van der Waals surface area contributed by atoms with Crippen LogP contribution in [0.3, 0.4) is 0 Å². The number of anilines is 1. The standard InChI is InChI=1S/C30H23FN2O2S/c1-35-24-16-17-25-26(20-8-4-2-5-9-20)19-28(33-27(25)18-24)36-29(21-10-6-3-7-11-21)30(34)32-23-14-12-22(31)13-15-23/h2-19,29H,1H3,(H,32,34)/t29-/m1/s1. The number of benzene rings is 4. The lowest BCUT2D eigenvalue weighted by Crippen LogP contribution is -2.19. The molecular formula is C30H23FN2O2S. The van der Waals surface area contributed by atoms with Crippen LogP contribution in [0.2, 0.25) is 0 Å². The molecule has 1 N–H and O–H groups in total. The number of rotatable bonds is 7. The van der Waals surface area contributed by atoms with Gasteiger partial charge in [0.15, 0.2) is 0 Å². The summed E-state index contributed by atoms with van der Waals surface area (Å²) in [6, 6.07) is 33.3. The molecule has 0 saturated heterocycles. The molecule has 1 heterocycles. The van der Waals surface area contributed by atoms with Crippen molar-refractivity contribution in [3.63, 3.8) is 0 Å². The number of thioether (sulfide) groups is 1. The Morgan fingerprint density at radius 1 is 0.889 bits per heavy atom. The Morgan fingerprint density at radius 2 is 1.58 bits per heavy atom. The highest BCUT2D eigenvalue weighted by atomic mass is 32.2. The van der Waals surface area contributed by atoms with Crippen molar-refractivity contribution in [1.82, 2.24) is 4.98 Å². The minimum atomic E-state index is -0.574. The van der Waals surface area contributed by atoms with Crippen LogP contribution in [0.15, 0.2) is 114 Å². The molecule has 0 spiro atoms. The summed E-state index contributed by atoms with van der Waals surface area (Å²) in [7, 11) is 1.63. The molecule has 0 radical (unpaired) electrons. The zero-order chi connectivity index (χ0) is 24.9. The molecule has 5 aromatic rings. The average Bonchev–Trinajstić information content (AvgIpc) is 2.93. The van der Waals surface area contributed by atoms with Gasteiger partial charge >= 0.3 is 0 Å². The van der Waals surface area contributed by atoms with Gasteiger partial charge < -0.3 is 10.1 Å². The van der Waals surface area contributed by atoms with E-state index in [1.165, 1.54) is 23.9 Å². The molecule has 0 aliphatic heterocycles. The van der Waals surface area contributed by atoms with E-state index >= 15 is 0 Å². The van der Waals surface area contributed by atoms with Gasteiger partial charge in [0, 0.05) is 17.1 Å². The van der Waals surface area contributed by atoms with E-state index < -0.39 is 5.25 Å². The first-order valence-corrected chi connectivity index (χ1v) is 12.3. The maximum atomic E-state index is 13.4. The molecule has 6 heteroatoms. The van der Waals surface area contributed by atoms with Crippen molar-refractivity contribution in [3.8, 4) is 16.9 Å². The van der Waals surface area contributed by atoms with Gasteiger partial charge in [-0.25, -0.2) is 9.37 Å². The third-order valence-corrected chi connectivity index (χ3v) is 6.94. The van der Waals surface area contributed by atoms with Crippen LogP contribution in [-0.2, 0) is 4.79 Å². The van der Waals surface area contributed by atoms with E-state index in [0.29, 0.717) is 16.5 Å². The predicted octanol–water partition coefficient (Wildman–Crippen LogP) is 7.52. The van der Waals surface area contributed by atoms with Crippen molar-refractivity contribution in [2.45, 2.75) is 10.3 Å². The summed E-state index contributed by atoms with van der Waals surface area (Å²) >= 11 is 1.37. The predicted molar refractivity (Wildman–Crippen MR) is 144 cm³/mol. The fraction of sp³-hybridized carbons (Fsp3) is 0.0667. The highest BCUT2D eigenvalue weighted by molar-refractivity contribution is 8.00. The van der Waals surface area contributed by atoms with Crippen molar-refractivity contribution in [3.05, 3.63) is 121 Å². The number of ether oxygens (including phenoxy) is 1. The number of amides is 1. The first kappa shape index (κ1) is 23.6. The van der Waals surface area contributed by atoms with Gasteiger partial charge in [0.05, 0.1) is 17.7 Å². The number of halogens is 1. The molecule has 1 amide bonds. The number of methoxy groups -OCH3 is 1. The number of hydrogen-bond donors (Lipinski definition) is 1. The van der Waals surface area contributed by atoms with E-state index in [1.807, 2.05) is 72.8 Å². The highest BCUT2D eigenvalue weighted by Crippen LogP contribution is 2.39. The summed E-state index contributed by atoms with van der Waals surface area (Å²) in [5.74, 6) is 0.141. The number of nitrogens with zero attached hydrogens (tertiary/aromatic N) is 1. The molecule has 0 aliphatic carbocycles. The Balaban J connectivity index is 1.57. The molecule has 4 nitrogen and oxygen atoms in total. The number of pyridine rings is 1. The fourth-order valence-corrected chi connectivity index (χ4v) is 5.03. The van der Waals surface area contributed by atoms with Gasteiger partial charge in [-0.15, -0.1) is 0 Å². The molecular weight excluding hydrogens is 471 g/mol. The highest BCUT2D eigenvalue weighted by Gasteiger charge is 2.24. The van der Waals surface area contributed by atoms with E-state index in [9.17, 15) is 9.18 Å². The average molecular weight is 495 g/mol. The van der Waals surface area contributed by atoms with Crippen molar-refractivity contribution in [2.24, 2.45) is 0 Å². The molecule has 0 bridgehead atoms. The second-order valence-electron chi connectivity index (χ2n) is 8.16. The largest absolute Gasteiger partial charge is 0.497 e.